The first kappa shape index (κ1) is 28.7. The van der Waals surface area contributed by atoms with Crippen LogP contribution >= 0.6 is 0 Å². The Hall–Kier alpha value is -4.34. The molecule has 2 aromatic carbocycles. The van der Waals surface area contributed by atoms with Gasteiger partial charge >= 0.3 is 0 Å². The Labute approximate surface area is 235 Å². The van der Waals surface area contributed by atoms with Gasteiger partial charge < -0.3 is 9.47 Å². The average Bonchev–Trinajstić information content (AvgIpc) is 3.60. The summed E-state index contributed by atoms with van der Waals surface area (Å²) in [5.74, 6) is 4.96. The molecule has 0 N–H and O–H groups in total. The van der Waals surface area contributed by atoms with Crippen molar-refractivity contribution in [3.63, 3.8) is 0 Å². The molecule has 0 spiro atoms. The van der Waals surface area contributed by atoms with Crippen molar-refractivity contribution in [2.45, 2.75) is 66.2 Å². The van der Waals surface area contributed by atoms with Crippen molar-refractivity contribution in [3.8, 4) is 11.5 Å². The molecule has 40 heavy (non-hydrogen) atoms. The van der Waals surface area contributed by atoms with Crippen LogP contribution in [0, 0.1) is 0 Å². The Bertz CT molecular complexity index is 1270. The van der Waals surface area contributed by atoms with E-state index in [0.29, 0.717) is 13.2 Å². The first-order valence-corrected chi connectivity index (χ1v) is 14.1. The summed E-state index contributed by atoms with van der Waals surface area (Å²) in [5.41, 5.74) is 1.82. The van der Waals surface area contributed by atoms with E-state index in [9.17, 15) is 0 Å². The minimum Gasteiger partial charge on any atom is -0.493 e. The van der Waals surface area contributed by atoms with Crippen LogP contribution < -0.4 is 9.47 Å². The van der Waals surface area contributed by atoms with Crippen LogP contribution in [0.15, 0.2) is 58.7 Å². The Kier molecular flexibility index (Phi) is 10.5. The number of para-hydroxylation sites is 2. The third-order valence-electron chi connectivity index (χ3n) is 6.32. The van der Waals surface area contributed by atoms with Crippen molar-refractivity contribution in [3.05, 3.63) is 83.0 Å². The molecule has 2 heterocycles. The van der Waals surface area contributed by atoms with Gasteiger partial charge in [0.05, 0.1) is 25.6 Å². The van der Waals surface area contributed by atoms with Crippen LogP contribution in [0.1, 0.15) is 75.0 Å². The first-order valence-electron chi connectivity index (χ1n) is 14.1. The van der Waals surface area contributed by atoms with Crippen LogP contribution in [-0.2, 0) is 25.7 Å². The van der Waals surface area contributed by atoms with Gasteiger partial charge in [-0.2, -0.15) is 10.2 Å². The summed E-state index contributed by atoms with van der Waals surface area (Å²) < 4.78 is 15.8. The normalized spacial score (nSPS) is 11.6. The van der Waals surface area contributed by atoms with Crippen LogP contribution in [0.5, 0.6) is 11.5 Å². The van der Waals surface area contributed by atoms with Crippen molar-refractivity contribution >= 4 is 12.4 Å². The Balaban J connectivity index is 1.29. The average molecular weight is 543 g/mol. The van der Waals surface area contributed by atoms with Crippen LogP contribution in [0.4, 0.5) is 0 Å². The number of hydrogen-bond acceptors (Lipinski definition) is 8. The number of hydrogen-bond donors (Lipinski definition) is 0. The number of aromatic nitrogens is 6. The van der Waals surface area contributed by atoms with Crippen molar-refractivity contribution in [1.82, 2.24) is 29.7 Å². The second-order valence-corrected chi connectivity index (χ2v) is 9.07. The number of benzene rings is 2. The lowest BCUT2D eigenvalue weighted by Crippen LogP contribution is -2.06. The molecule has 4 rings (SSSR count). The maximum absolute atomic E-state index is 6.10. The molecular formula is C30H38N8O2. The molecule has 0 unspecified atom stereocenters. The van der Waals surface area contributed by atoms with E-state index in [-0.39, 0.29) is 0 Å². The van der Waals surface area contributed by atoms with E-state index >= 15 is 0 Å². The Morgan fingerprint density at radius 1 is 0.575 bits per heavy atom. The number of ether oxygens (including phenoxy) is 2. The summed E-state index contributed by atoms with van der Waals surface area (Å²) in [4.78, 5) is 0. The highest BCUT2D eigenvalue weighted by Crippen LogP contribution is 2.19. The molecule has 10 heteroatoms. The van der Waals surface area contributed by atoms with Gasteiger partial charge in [0.15, 0.2) is 23.3 Å². The van der Waals surface area contributed by atoms with Gasteiger partial charge in [-0.1, -0.05) is 52.0 Å². The molecule has 0 radical (unpaired) electrons. The summed E-state index contributed by atoms with van der Waals surface area (Å²) >= 11 is 0. The van der Waals surface area contributed by atoms with E-state index < -0.39 is 0 Å². The lowest BCUT2D eigenvalue weighted by atomic mass is 10.2. The minimum absolute atomic E-state index is 0.581. The summed E-state index contributed by atoms with van der Waals surface area (Å²) in [6, 6.07) is 15.8. The van der Waals surface area contributed by atoms with Crippen molar-refractivity contribution in [2.75, 3.05) is 13.2 Å². The predicted molar refractivity (Wildman–Crippen MR) is 157 cm³/mol. The number of aryl methyl sites for hydroxylation is 4. The largest absolute Gasteiger partial charge is 0.493 e. The molecule has 0 atom stereocenters. The highest BCUT2D eigenvalue weighted by Gasteiger charge is 2.10. The molecule has 2 aromatic heterocycles. The molecule has 0 aliphatic rings. The van der Waals surface area contributed by atoms with Crippen molar-refractivity contribution in [1.29, 1.82) is 0 Å². The van der Waals surface area contributed by atoms with Gasteiger partial charge in [-0.05, 0) is 37.1 Å². The predicted octanol–water partition coefficient (Wildman–Crippen LogP) is 5.12. The lowest BCUT2D eigenvalue weighted by Gasteiger charge is -2.11. The second-order valence-electron chi connectivity index (χ2n) is 9.07. The number of nitrogens with zero attached hydrogens (tertiary/aromatic N) is 8. The summed E-state index contributed by atoms with van der Waals surface area (Å²) in [6.45, 7) is 9.35. The van der Waals surface area contributed by atoms with Crippen LogP contribution in [0.25, 0.3) is 0 Å². The molecule has 0 amide bonds. The van der Waals surface area contributed by atoms with Gasteiger partial charge in [-0.25, -0.2) is 9.35 Å². The molecule has 0 bridgehead atoms. The van der Waals surface area contributed by atoms with Gasteiger partial charge in [0.25, 0.3) is 0 Å². The molecule has 0 saturated heterocycles. The molecule has 4 aromatic rings. The fraction of sp³-hybridized carbons (Fsp3) is 0.400. The maximum Gasteiger partial charge on any atom is 0.154 e. The summed E-state index contributed by atoms with van der Waals surface area (Å²) in [6.07, 6.45) is 8.40. The van der Waals surface area contributed by atoms with Gasteiger partial charge in [0.2, 0.25) is 0 Å². The zero-order valence-corrected chi connectivity index (χ0v) is 23.8. The SMILES string of the molecule is CCc1nnc(CC)n1/N=C/c1ccccc1OCCCCOc1ccccc1/C=N/n1c(CC)nnc1CC. The van der Waals surface area contributed by atoms with Crippen molar-refractivity contribution in [2.24, 2.45) is 10.2 Å². The highest BCUT2D eigenvalue weighted by molar-refractivity contribution is 5.84. The molecular weight excluding hydrogens is 504 g/mol. The Morgan fingerprint density at radius 3 is 1.27 bits per heavy atom. The monoisotopic (exact) mass is 542 g/mol. The van der Waals surface area contributed by atoms with E-state index in [0.717, 1.165) is 84.4 Å². The van der Waals surface area contributed by atoms with Gasteiger partial charge in [-0.15, -0.1) is 20.4 Å². The fourth-order valence-electron chi connectivity index (χ4n) is 4.09. The van der Waals surface area contributed by atoms with Gasteiger partial charge in [0, 0.05) is 36.8 Å². The topological polar surface area (TPSA) is 105 Å². The molecule has 0 fully saturated rings. The van der Waals surface area contributed by atoms with E-state index in [1.54, 1.807) is 0 Å². The number of unbranched alkanes of at least 4 members (excludes halogenated alkanes) is 1. The van der Waals surface area contributed by atoms with E-state index in [1.807, 2.05) is 98.0 Å². The van der Waals surface area contributed by atoms with Crippen LogP contribution in [0.2, 0.25) is 0 Å². The zero-order chi connectivity index (χ0) is 28.2. The molecule has 0 aliphatic carbocycles. The highest BCUT2D eigenvalue weighted by atomic mass is 16.5. The third kappa shape index (κ3) is 7.19. The summed E-state index contributed by atoms with van der Waals surface area (Å²) in [7, 11) is 0. The lowest BCUT2D eigenvalue weighted by molar-refractivity contribution is 0.266. The molecule has 0 saturated carbocycles. The van der Waals surface area contributed by atoms with E-state index in [4.69, 9.17) is 9.47 Å². The fourth-order valence-corrected chi connectivity index (χ4v) is 4.09. The minimum atomic E-state index is 0.581. The van der Waals surface area contributed by atoms with E-state index in [2.05, 4.69) is 30.6 Å². The summed E-state index contributed by atoms with van der Waals surface area (Å²) in [5, 5.41) is 26.2. The smallest absolute Gasteiger partial charge is 0.154 e. The van der Waals surface area contributed by atoms with Gasteiger partial charge in [-0.3, -0.25) is 0 Å². The van der Waals surface area contributed by atoms with Crippen molar-refractivity contribution < 1.29 is 9.47 Å². The molecule has 210 valence electrons. The van der Waals surface area contributed by atoms with Gasteiger partial charge in [0.1, 0.15) is 11.5 Å². The number of rotatable bonds is 15. The first-order chi connectivity index (χ1) is 19.7. The van der Waals surface area contributed by atoms with Crippen LogP contribution in [0.3, 0.4) is 0 Å². The quantitative estimate of drug-likeness (QED) is 0.153. The standard InChI is InChI=1S/C30H38N8O2/c1-5-27-33-34-28(6-2)37(27)31-21-23-15-9-11-17-25(23)39-19-13-14-20-40-26-18-12-10-16-24(26)22-32-38-29(7-3)35-36-30(38)8-4/h9-12,15-18,21-22H,5-8,13-14,19-20H2,1-4H3/b31-21+,32-22+. The molecule has 0 aliphatic heterocycles. The zero-order valence-electron chi connectivity index (χ0n) is 23.8. The third-order valence-corrected chi connectivity index (χ3v) is 6.32. The molecule has 10 nitrogen and oxygen atoms in total. The van der Waals surface area contributed by atoms with E-state index in [1.165, 1.54) is 0 Å². The second kappa shape index (κ2) is 14.7. The Morgan fingerprint density at radius 2 is 0.925 bits per heavy atom. The maximum atomic E-state index is 6.10. The van der Waals surface area contributed by atoms with Crippen LogP contribution in [-0.4, -0.2) is 55.4 Å².